The van der Waals surface area contributed by atoms with Gasteiger partial charge in [0.25, 0.3) is 0 Å². The van der Waals surface area contributed by atoms with Crippen LogP contribution in [-0.2, 0) is 10.0 Å². The summed E-state index contributed by atoms with van der Waals surface area (Å²) in [5.74, 6) is 1.32. The molecule has 1 N–H and O–H groups in total. The molecule has 1 aliphatic heterocycles. The van der Waals surface area contributed by atoms with E-state index in [-0.39, 0.29) is 17.7 Å². The van der Waals surface area contributed by atoms with Crippen LogP contribution in [0.2, 0.25) is 0 Å². The van der Waals surface area contributed by atoms with Gasteiger partial charge >= 0.3 is 0 Å². The van der Waals surface area contributed by atoms with Crippen molar-refractivity contribution < 1.29 is 17.9 Å². The van der Waals surface area contributed by atoms with Crippen LogP contribution in [0.5, 0.6) is 11.5 Å². The summed E-state index contributed by atoms with van der Waals surface area (Å²) in [7, 11) is -3.56. The molecule has 0 amide bonds. The molecule has 5 nitrogen and oxygen atoms in total. The first kappa shape index (κ1) is 14.9. The maximum absolute atomic E-state index is 12.4. The molecule has 0 unspecified atom stereocenters. The molecule has 22 heavy (non-hydrogen) atoms. The summed E-state index contributed by atoms with van der Waals surface area (Å²) in [5.41, 5.74) is 1.84. The van der Waals surface area contributed by atoms with E-state index >= 15 is 0 Å². The van der Waals surface area contributed by atoms with Crippen LogP contribution in [0, 0.1) is 6.92 Å². The van der Waals surface area contributed by atoms with Crippen molar-refractivity contribution in [3.8, 4) is 11.5 Å². The van der Waals surface area contributed by atoms with Crippen molar-refractivity contribution in [2.75, 3.05) is 6.79 Å². The zero-order valence-corrected chi connectivity index (χ0v) is 13.2. The first-order valence-electron chi connectivity index (χ1n) is 6.94. The first-order chi connectivity index (χ1) is 10.5. The molecule has 1 atom stereocenters. The highest BCUT2D eigenvalue weighted by Crippen LogP contribution is 2.34. The fourth-order valence-corrected chi connectivity index (χ4v) is 3.50. The second-order valence-electron chi connectivity index (χ2n) is 5.27. The van der Waals surface area contributed by atoms with Gasteiger partial charge in [0, 0.05) is 6.04 Å². The minimum absolute atomic E-state index is 0.197. The highest BCUT2D eigenvalue weighted by atomic mass is 32.2. The average molecular weight is 319 g/mol. The van der Waals surface area contributed by atoms with Crippen LogP contribution in [0.4, 0.5) is 0 Å². The number of hydrogen-bond donors (Lipinski definition) is 1. The Morgan fingerprint density at radius 3 is 2.45 bits per heavy atom. The lowest BCUT2D eigenvalue weighted by Gasteiger charge is -2.15. The molecule has 2 aromatic rings. The number of benzene rings is 2. The summed E-state index contributed by atoms with van der Waals surface area (Å²) in [5, 5.41) is 0. The molecule has 0 fully saturated rings. The molecule has 0 saturated carbocycles. The van der Waals surface area contributed by atoms with Crippen LogP contribution < -0.4 is 14.2 Å². The van der Waals surface area contributed by atoms with Crippen LogP contribution in [0.25, 0.3) is 0 Å². The van der Waals surface area contributed by atoms with Crippen molar-refractivity contribution in [3.05, 3.63) is 53.6 Å². The fourth-order valence-electron chi connectivity index (χ4n) is 2.27. The number of nitrogens with one attached hydrogen (secondary N) is 1. The number of ether oxygens (including phenoxy) is 2. The van der Waals surface area contributed by atoms with Gasteiger partial charge in [-0.2, -0.15) is 0 Å². The topological polar surface area (TPSA) is 64.6 Å². The standard InChI is InChI=1S/C16H17NO4S/c1-11-3-6-14(7-4-11)22(18,19)17-12(2)13-5-8-15-16(9-13)21-10-20-15/h3-9,12,17H,10H2,1-2H3/t12-/m1/s1. The zero-order chi connectivity index (χ0) is 15.7. The highest BCUT2D eigenvalue weighted by Gasteiger charge is 2.20. The maximum Gasteiger partial charge on any atom is 0.241 e. The predicted octanol–water partition coefficient (Wildman–Crippen LogP) is 2.76. The number of rotatable bonds is 4. The Kier molecular flexibility index (Phi) is 3.80. The minimum atomic E-state index is -3.56. The molecular weight excluding hydrogens is 302 g/mol. The monoisotopic (exact) mass is 319 g/mol. The van der Waals surface area contributed by atoms with Crippen molar-refractivity contribution in [1.29, 1.82) is 0 Å². The molecule has 0 aromatic heterocycles. The Hall–Kier alpha value is -2.05. The SMILES string of the molecule is Cc1ccc(S(=O)(=O)N[C@H](C)c2ccc3c(c2)OCO3)cc1. The third-order valence-electron chi connectivity index (χ3n) is 3.56. The van der Waals surface area contributed by atoms with Crippen molar-refractivity contribution in [1.82, 2.24) is 4.72 Å². The predicted molar refractivity (Wildman–Crippen MR) is 82.5 cm³/mol. The zero-order valence-electron chi connectivity index (χ0n) is 12.4. The summed E-state index contributed by atoms with van der Waals surface area (Å²) in [6.07, 6.45) is 0. The van der Waals surface area contributed by atoms with Crippen molar-refractivity contribution >= 4 is 10.0 Å². The molecule has 1 aliphatic rings. The van der Waals surface area contributed by atoms with Gasteiger partial charge in [-0.3, -0.25) is 0 Å². The second kappa shape index (κ2) is 5.62. The Morgan fingerprint density at radius 2 is 1.73 bits per heavy atom. The first-order valence-corrected chi connectivity index (χ1v) is 8.42. The van der Waals surface area contributed by atoms with Gasteiger partial charge < -0.3 is 9.47 Å². The van der Waals surface area contributed by atoms with Gasteiger partial charge in [-0.15, -0.1) is 0 Å². The van der Waals surface area contributed by atoms with E-state index in [1.165, 1.54) is 0 Å². The van der Waals surface area contributed by atoms with E-state index in [2.05, 4.69) is 4.72 Å². The molecule has 1 heterocycles. The Bertz CT molecular complexity index is 784. The van der Waals surface area contributed by atoms with Gasteiger partial charge in [-0.1, -0.05) is 23.8 Å². The average Bonchev–Trinajstić information content (AvgIpc) is 2.94. The van der Waals surface area contributed by atoms with E-state index in [0.717, 1.165) is 11.1 Å². The number of hydrogen-bond acceptors (Lipinski definition) is 4. The summed E-state index contributed by atoms with van der Waals surface area (Å²) in [4.78, 5) is 0.255. The van der Waals surface area contributed by atoms with Gasteiger partial charge in [-0.05, 0) is 43.7 Å². The largest absolute Gasteiger partial charge is 0.454 e. The molecule has 2 aromatic carbocycles. The molecular formula is C16H17NO4S. The van der Waals surface area contributed by atoms with E-state index in [4.69, 9.17) is 9.47 Å². The molecule has 0 saturated heterocycles. The van der Waals surface area contributed by atoms with Crippen LogP contribution in [0.1, 0.15) is 24.1 Å². The number of sulfonamides is 1. The summed E-state index contributed by atoms with van der Waals surface area (Å²) in [6, 6.07) is 11.8. The fraction of sp³-hybridized carbons (Fsp3) is 0.250. The third-order valence-corrected chi connectivity index (χ3v) is 5.12. The van der Waals surface area contributed by atoms with Crippen LogP contribution in [0.3, 0.4) is 0 Å². The van der Waals surface area contributed by atoms with Gasteiger partial charge in [-0.25, -0.2) is 13.1 Å². The van der Waals surface area contributed by atoms with Gasteiger partial charge in [0.1, 0.15) is 0 Å². The summed E-state index contributed by atoms with van der Waals surface area (Å²) < 4.78 is 38.0. The lowest BCUT2D eigenvalue weighted by atomic mass is 10.1. The molecule has 6 heteroatoms. The van der Waals surface area contributed by atoms with E-state index in [1.54, 1.807) is 43.3 Å². The van der Waals surface area contributed by atoms with Gasteiger partial charge in [0.2, 0.25) is 16.8 Å². The Labute approximate surface area is 129 Å². The van der Waals surface area contributed by atoms with E-state index in [1.807, 2.05) is 13.0 Å². The molecule has 0 radical (unpaired) electrons. The van der Waals surface area contributed by atoms with Crippen LogP contribution in [-0.4, -0.2) is 15.2 Å². The number of aryl methyl sites for hydroxylation is 1. The number of fused-ring (bicyclic) bond motifs is 1. The Balaban J connectivity index is 1.81. The van der Waals surface area contributed by atoms with Crippen LogP contribution >= 0.6 is 0 Å². The van der Waals surface area contributed by atoms with Crippen molar-refractivity contribution in [3.63, 3.8) is 0 Å². The molecule has 0 bridgehead atoms. The van der Waals surface area contributed by atoms with Crippen molar-refractivity contribution in [2.45, 2.75) is 24.8 Å². The molecule has 3 rings (SSSR count). The van der Waals surface area contributed by atoms with Crippen molar-refractivity contribution in [2.24, 2.45) is 0 Å². The Morgan fingerprint density at radius 1 is 1.05 bits per heavy atom. The lowest BCUT2D eigenvalue weighted by molar-refractivity contribution is 0.174. The van der Waals surface area contributed by atoms with E-state index in [9.17, 15) is 8.42 Å². The molecule has 0 spiro atoms. The highest BCUT2D eigenvalue weighted by molar-refractivity contribution is 7.89. The molecule has 0 aliphatic carbocycles. The lowest BCUT2D eigenvalue weighted by Crippen LogP contribution is -2.26. The van der Waals surface area contributed by atoms with Gasteiger partial charge in [0.15, 0.2) is 11.5 Å². The van der Waals surface area contributed by atoms with E-state index in [0.29, 0.717) is 11.5 Å². The maximum atomic E-state index is 12.4. The summed E-state index contributed by atoms with van der Waals surface area (Å²) >= 11 is 0. The van der Waals surface area contributed by atoms with Gasteiger partial charge in [0.05, 0.1) is 4.90 Å². The van der Waals surface area contributed by atoms with Crippen LogP contribution in [0.15, 0.2) is 47.4 Å². The normalized spacial score (nSPS) is 14.8. The smallest absolute Gasteiger partial charge is 0.241 e. The minimum Gasteiger partial charge on any atom is -0.454 e. The molecule has 116 valence electrons. The third kappa shape index (κ3) is 2.93. The van der Waals surface area contributed by atoms with E-state index < -0.39 is 10.0 Å². The second-order valence-corrected chi connectivity index (χ2v) is 6.98. The quantitative estimate of drug-likeness (QED) is 0.941. The summed E-state index contributed by atoms with van der Waals surface area (Å²) in [6.45, 7) is 3.91.